The molecule has 2 heterocycles. The van der Waals surface area contributed by atoms with Gasteiger partial charge in [-0.15, -0.1) is 10.2 Å². The number of nitrogens with zero attached hydrogens (tertiary/aromatic N) is 4. The van der Waals surface area contributed by atoms with Crippen molar-refractivity contribution in [1.29, 1.82) is 0 Å². The van der Waals surface area contributed by atoms with Crippen LogP contribution >= 0.6 is 11.8 Å². The Morgan fingerprint density at radius 1 is 1.10 bits per heavy atom. The van der Waals surface area contributed by atoms with Crippen LogP contribution in [-0.2, 0) is 5.41 Å². The monoisotopic (exact) mass is 286 g/mol. The van der Waals surface area contributed by atoms with Crippen molar-refractivity contribution in [2.75, 3.05) is 5.75 Å². The maximum absolute atomic E-state index is 4.54. The van der Waals surface area contributed by atoms with Gasteiger partial charge in [0.15, 0.2) is 5.82 Å². The molecule has 0 saturated carbocycles. The van der Waals surface area contributed by atoms with Crippen molar-refractivity contribution in [3.63, 3.8) is 0 Å². The number of fused-ring (bicyclic) bond motifs is 1. The molecule has 1 aliphatic heterocycles. The Kier molecular flexibility index (Phi) is 3.17. The number of hydrogen-bond acceptors (Lipinski definition) is 4. The van der Waals surface area contributed by atoms with E-state index in [1.54, 1.807) is 11.8 Å². The molecule has 0 aliphatic carbocycles. The highest BCUT2D eigenvalue weighted by molar-refractivity contribution is 7.99. The van der Waals surface area contributed by atoms with Crippen LogP contribution in [0, 0.1) is 0 Å². The van der Waals surface area contributed by atoms with Gasteiger partial charge in [0.25, 0.3) is 0 Å². The first kappa shape index (κ1) is 13.4. The third kappa shape index (κ3) is 2.38. The topological polar surface area (TPSA) is 43.1 Å². The van der Waals surface area contributed by atoms with Crippen LogP contribution in [-0.4, -0.2) is 26.3 Å². The molecule has 1 aromatic heterocycles. The Morgan fingerprint density at radius 2 is 1.80 bits per heavy atom. The molecule has 0 fully saturated rings. The quantitative estimate of drug-likeness (QED) is 0.805. The first-order chi connectivity index (χ1) is 9.45. The summed E-state index contributed by atoms with van der Waals surface area (Å²) in [5.41, 5.74) is 3.62. The largest absolute Gasteiger partial charge is 0.212 e. The lowest BCUT2D eigenvalue weighted by Gasteiger charge is -2.19. The van der Waals surface area contributed by atoms with Crippen molar-refractivity contribution in [2.24, 2.45) is 5.10 Å². The summed E-state index contributed by atoms with van der Waals surface area (Å²) in [7, 11) is 0. The van der Waals surface area contributed by atoms with Gasteiger partial charge in [0.1, 0.15) is 0 Å². The van der Waals surface area contributed by atoms with Crippen LogP contribution in [0.15, 0.2) is 34.5 Å². The molecule has 4 nitrogen and oxygen atoms in total. The van der Waals surface area contributed by atoms with E-state index in [0.29, 0.717) is 0 Å². The van der Waals surface area contributed by atoms with E-state index in [0.717, 1.165) is 28.0 Å². The Balaban J connectivity index is 2.01. The summed E-state index contributed by atoms with van der Waals surface area (Å²) in [5.74, 6) is 1.70. The van der Waals surface area contributed by atoms with Crippen molar-refractivity contribution in [1.82, 2.24) is 14.9 Å². The van der Waals surface area contributed by atoms with Crippen molar-refractivity contribution in [2.45, 2.75) is 38.3 Å². The lowest BCUT2D eigenvalue weighted by Crippen LogP contribution is -2.11. The van der Waals surface area contributed by atoms with Crippen LogP contribution in [0.1, 0.15) is 33.3 Å². The number of aromatic nitrogens is 3. The van der Waals surface area contributed by atoms with E-state index < -0.39 is 0 Å². The first-order valence-electron chi connectivity index (χ1n) is 6.69. The lowest BCUT2D eigenvalue weighted by atomic mass is 9.87. The minimum Gasteiger partial charge on any atom is -0.187 e. The van der Waals surface area contributed by atoms with Crippen molar-refractivity contribution in [3.05, 3.63) is 29.8 Å². The molecule has 0 atom stereocenters. The number of hydrogen-bond donors (Lipinski definition) is 0. The standard InChI is InChI=1S/C15H18N4S/c1-10-9-20-14-17-16-13(19(14)18-10)11-5-7-12(8-6-11)15(2,3)4/h5-8H,9H2,1-4H3. The average Bonchev–Trinajstić information content (AvgIpc) is 2.81. The molecular formula is C15H18N4S. The predicted octanol–water partition coefficient (Wildman–Crippen LogP) is 3.57. The summed E-state index contributed by atoms with van der Waals surface area (Å²) in [6, 6.07) is 8.51. The van der Waals surface area contributed by atoms with Crippen LogP contribution < -0.4 is 0 Å². The zero-order valence-electron chi connectivity index (χ0n) is 12.2. The maximum Gasteiger partial charge on any atom is 0.212 e. The second kappa shape index (κ2) is 4.74. The Morgan fingerprint density at radius 3 is 2.45 bits per heavy atom. The molecule has 0 unspecified atom stereocenters. The number of thioether (sulfide) groups is 1. The molecule has 0 spiro atoms. The molecule has 0 saturated heterocycles. The van der Waals surface area contributed by atoms with E-state index in [1.165, 1.54) is 5.56 Å². The summed E-state index contributed by atoms with van der Waals surface area (Å²) in [5, 5.41) is 13.9. The molecule has 0 amide bonds. The van der Waals surface area contributed by atoms with Crippen LogP contribution in [0.5, 0.6) is 0 Å². The Labute approximate surface area is 123 Å². The van der Waals surface area contributed by atoms with Crippen molar-refractivity contribution in [3.8, 4) is 11.4 Å². The zero-order valence-corrected chi connectivity index (χ0v) is 13.0. The third-order valence-electron chi connectivity index (χ3n) is 3.30. The van der Waals surface area contributed by atoms with Gasteiger partial charge in [0.05, 0.1) is 0 Å². The van der Waals surface area contributed by atoms with Gasteiger partial charge in [-0.2, -0.15) is 9.78 Å². The average molecular weight is 286 g/mol. The fourth-order valence-corrected chi connectivity index (χ4v) is 2.86. The van der Waals surface area contributed by atoms with Gasteiger partial charge < -0.3 is 0 Å². The summed E-state index contributed by atoms with van der Waals surface area (Å²) in [4.78, 5) is 0. The molecule has 0 radical (unpaired) electrons. The molecule has 0 bridgehead atoms. The third-order valence-corrected chi connectivity index (χ3v) is 4.38. The van der Waals surface area contributed by atoms with E-state index in [4.69, 9.17) is 0 Å². The molecule has 5 heteroatoms. The van der Waals surface area contributed by atoms with Gasteiger partial charge in [-0.1, -0.05) is 56.8 Å². The molecule has 2 aromatic rings. The fourth-order valence-electron chi connectivity index (χ4n) is 2.11. The maximum atomic E-state index is 4.54. The lowest BCUT2D eigenvalue weighted by molar-refractivity contribution is 0.590. The smallest absolute Gasteiger partial charge is 0.187 e. The molecule has 1 aliphatic rings. The van der Waals surface area contributed by atoms with Crippen LogP contribution in [0.2, 0.25) is 0 Å². The molecule has 104 valence electrons. The zero-order chi connectivity index (χ0) is 14.3. The van der Waals surface area contributed by atoms with Gasteiger partial charge in [0, 0.05) is 17.0 Å². The van der Waals surface area contributed by atoms with Gasteiger partial charge in [-0.05, 0) is 17.9 Å². The molecule has 3 rings (SSSR count). The predicted molar refractivity (Wildman–Crippen MR) is 83.4 cm³/mol. The van der Waals surface area contributed by atoms with Crippen LogP contribution in [0.25, 0.3) is 11.4 Å². The van der Waals surface area contributed by atoms with E-state index in [-0.39, 0.29) is 5.41 Å². The van der Waals surface area contributed by atoms with Gasteiger partial charge in [-0.25, -0.2) is 0 Å². The molecule has 20 heavy (non-hydrogen) atoms. The molecular weight excluding hydrogens is 268 g/mol. The minimum atomic E-state index is 0.160. The highest BCUT2D eigenvalue weighted by Gasteiger charge is 2.19. The second-order valence-corrected chi connectivity index (χ2v) is 7.01. The SMILES string of the molecule is CC1=Nn2c(nnc2-c2ccc(C(C)(C)C)cc2)SC1. The minimum absolute atomic E-state index is 0.160. The Bertz CT molecular complexity index is 662. The number of benzene rings is 1. The van der Waals surface area contributed by atoms with E-state index in [2.05, 4.69) is 60.3 Å². The Hall–Kier alpha value is -1.62. The van der Waals surface area contributed by atoms with Crippen LogP contribution in [0.4, 0.5) is 0 Å². The van der Waals surface area contributed by atoms with E-state index >= 15 is 0 Å². The number of rotatable bonds is 1. The van der Waals surface area contributed by atoms with Crippen molar-refractivity contribution < 1.29 is 0 Å². The van der Waals surface area contributed by atoms with Gasteiger partial charge in [0.2, 0.25) is 5.16 Å². The van der Waals surface area contributed by atoms with E-state index in [9.17, 15) is 0 Å². The summed E-state index contributed by atoms with van der Waals surface area (Å²) < 4.78 is 1.84. The highest BCUT2D eigenvalue weighted by Crippen LogP contribution is 2.29. The highest BCUT2D eigenvalue weighted by atomic mass is 32.2. The summed E-state index contributed by atoms with van der Waals surface area (Å²) in [6.07, 6.45) is 0. The fraction of sp³-hybridized carbons (Fsp3) is 0.400. The van der Waals surface area contributed by atoms with Gasteiger partial charge >= 0.3 is 0 Å². The van der Waals surface area contributed by atoms with E-state index in [1.807, 2.05) is 11.6 Å². The van der Waals surface area contributed by atoms with Crippen molar-refractivity contribution >= 4 is 17.5 Å². The molecule has 0 N–H and O–H groups in total. The van der Waals surface area contributed by atoms with Gasteiger partial charge in [-0.3, -0.25) is 0 Å². The summed E-state index contributed by atoms with van der Waals surface area (Å²) >= 11 is 1.68. The van der Waals surface area contributed by atoms with Crippen LogP contribution in [0.3, 0.4) is 0 Å². The first-order valence-corrected chi connectivity index (χ1v) is 7.67. The summed E-state index contributed by atoms with van der Waals surface area (Å²) in [6.45, 7) is 8.67. The second-order valence-electron chi connectivity index (χ2n) is 6.07. The molecule has 1 aromatic carbocycles. The normalized spacial score (nSPS) is 14.9.